The van der Waals surface area contributed by atoms with Crippen molar-refractivity contribution < 1.29 is 4.74 Å². The van der Waals surface area contributed by atoms with Crippen molar-refractivity contribution in [2.75, 3.05) is 12.3 Å². The summed E-state index contributed by atoms with van der Waals surface area (Å²) in [6.45, 7) is 1.11. The molecule has 0 saturated carbocycles. The summed E-state index contributed by atoms with van der Waals surface area (Å²) in [5, 5.41) is 0.878. The van der Waals surface area contributed by atoms with Gasteiger partial charge in [0.15, 0.2) is 0 Å². The molecule has 140 valence electrons. The topological polar surface area (TPSA) is 70.1 Å². The van der Waals surface area contributed by atoms with Crippen molar-refractivity contribution in [1.29, 1.82) is 0 Å². The number of hydrogen-bond acceptors (Lipinski definition) is 4. The molecule has 0 spiro atoms. The minimum Gasteiger partial charge on any atom is -0.494 e. The zero-order valence-corrected chi connectivity index (χ0v) is 16.1. The lowest BCUT2D eigenvalue weighted by atomic mass is 10.1. The predicted octanol–water partition coefficient (Wildman–Crippen LogP) is 4.66. The highest BCUT2D eigenvalue weighted by Gasteiger charge is 2.10. The van der Waals surface area contributed by atoms with E-state index in [1.165, 1.54) is 0 Å². The minimum absolute atomic E-state index is 0.169. The molecule has 2 aromatic carbocycles. The Kier molecular flexibility index (Phi) is 6.37. The molecular weight excluding hydrogens is 385 g/mol. The third kappa shape index (κ3) is 5.02. The highest BCUT2D eigenvalue weighted by atomic mass is 35.5. The molecule has 0 radical (unpaired) electrons. The van der Waals surface area contributed by atoms with Gasteiger partial charge in [-0.1, -0.05) is 47.5 Å². The van der Waals surface area contributed by atoms with Crippen LogP contribution in [0.4, 0.5) is 5.82 Å². The molecule has 0 bridgehead atoms. The normalized spacial score (nSPS) is 10.7. The smallest absolute Gasteiger partial charge is 0.349 e. The molecule has 3 rings (SSSR count). The predicted molar refractivity (Wildman–Crippen MR) is 110 cm³/mol. The van der Waals surface area contributed by atoms with Crippen LogP contribution in [0.15, 0.2) is 59.5 Å². The second-order valence-electron chi connectivity index (χ2n) is 6.01. The Morgan fingerprint density at radius 1 is 1.04 bits per heavy atom. The van der Waals surface area contributed by atoms with E-state index < -0.39 is 0 Å². The Bertz CT molecular complexity index is 975. The van der Waals surface area contributed by atoms with Gasteiger partial charge < -0.3 is 10.5 Å². The Morgan fingerprint density at radius 3 is 2.56 bits per heavy atom. The van der Waals surface area contributed by atoms with Gasteiger partial charge in [-0.15, -0.1) is 0 Å². The lowest BCUT2D eigenvalue weighted by Crippen LogP contribution is -2.24. The average molecular weight is 404 g/mol. The number of anilines is 1. The zero-order valence-electron chi connectivity index (χ0n) is 14.6. The minimum atomic E-state index is -0.375. The van der Waals surface area contributed by atoms with E-state index in [1.54, 1.807) is 29.0 Å². The third-order valence-electron chi connectivity index (χ3n) is 4.06. The molecule has 1 aromatic heterocycles. The highest BCUT2D eigenvalue weighted by Crippen LogP contribution is 2.30. The maximum absolute atomic E-state index is 12.1. The number of benzene rings is 2. The van der Waals surface area contributed by atoms with Crippen LogP contribution in [-0.4, -0.2) is 16.2 Å². The van der Waals surface area contributed by atoms with Crippen molar-refractivity contribution in [3.8, 4) is 16.9 Å². The van der Waals surface area contributed by atoms with E-state index in [-0.39, 0.29) is 11.5 Å². The van der Waals surface area contributed by atoms with Crippen LogP contribution in [0, 0.1) is 0 Å². The van der Waals surface area contributed by atoms with Crippen molar-refractivity contribution in [1.82, 2.24) is 9.55 Å². The molecular formula is C20H19Cl2N3O2. The van der Waals surface area contributed by atoms with E-state index in [2.05, 4.69) is 4.98 Å². The number of unbranched alkanes of at least 4 members (excludes halogenated alkanes) is 1. The largest absolute Gasteiger partial charge is 0.494 e. The zero-order chi connectivity index (χ0) is 19.2. The molecule has 5 nitrogen and oxygen atoms in total. The number of hydrogen-bond donors (Lipinski definition) is 1. The van der Waals surface area contributed by atoms with Crippen molar-refractivity contribution in [3.63, 3.8) is 0 Å². The molecule has 0 amide bonds. The molecule has 3 aromatic rings. The van der Waals surface area contributed by atoms with Gasteiger partial charge in [0.25, 0.3) is 0 Å². The fourth-order valence-electron chi connectivity index (χ4n) is 2.64. The summed E-state index contributed by atoms with van der Waals surface area (Å²) in [5.74, 6) is 1.01. The van der Waals surface area contributed by atoms with Crippen LogP contribution in [0.3, 0.4) is 0 Å². The number of aryl methyl sites for hydroxylation is 1. The Balaban J connectivity index is 1.65. The van der Waals surface area contributed by atoms with Crippen molar-refractivity contribution in [2.24, 2.45) is 0 Å². The molecule has 0 aliphatic heterocycles. The standard InChI is InChI=1S/C20H19Cl2N3O2/c21-17-9-8-14(12-18(17)22)16-13-25(20(26)24-19(16)23)10-4-5-11-27-15-6-2-1-3-7-15/h1-3,6-9,12-13H,4-5,10-11H2,(H2,23,24,26). The van der Waals surface area contributed by atoms with E-state index in [9.17, 15) is 4.79 Å². The maximum atomic E-state index is 12.1. The first kappa shape index (κ1) is 19.3. The summed E-state index contributed by atoms with van der Waals surface area (Å²) in [5.41, 5.74) is 6.96. The van der Waals surface area contributed by atoms with E-state index >= 15 is 0 Å². The number of nitrogen functional groups attached to an aromatic ring is 1. The van der Waals surface area contributed by atoms with Gasteiger partial charge in [-0.05, 0) is 42.7 Å². The Morgan fingerprint density at radius 2 is 1.81 bits per heavy atom. The van der Waals surface area contributed by atoms with Crippen LogP contribution < -0.4 is 16.2 Å². The van der Waals surface area contributed by atoms with Crippen molar-refractivity contribution in [3.05, 3.63) is 75.3 Å². The second kappa shape index (κ2) is 8.93. The fourth-order valence-corrected chi connectivity index (χ4v) is 2.94. The van der Waals surface area contributed by atoms with Gasteiger partial charge in [0.2, 0.25) is 0 Å². The molecule has 27 heavy (non-hydrogen) atoms. The summed E-state index contributed by atoms with van der Waals surface area (Å²) in [4.78, 5) is 16.0. The number of nitrogens with two attached hydrogens (primary N) is 1. The third-order valence-corrected chi connectivity index (χ3v) is 4.80. The number of para-hydroxylation sites is 1. The first-order valence-electron chi connectivity index (χ1n) is 8.55. The van der Waals surface area contributed by atoms with Crippen molar-refractivity contribution in [2.45, 2.75) is 19.4 Å². The van der Waals surface area contributed by atoms with Crippen LogP contribution in [0.25, 0.3) is 11.1 Å². The average Bonchev–Trinajstić information content (AvgIpc) is 2.66. The molecule has 0 saturated heterocycles. The fraction of sp³-hybridized carbons (Fsp3) is 0.200. The SMILES string of the molecule is Nc1nc(=O)n(CCCCOc2ccccc2)cc1-c1ccc(Cl)c(Cl)c1. The van der Waals surface area contributed by atoms with Crippen LogP contribution in [0.1, 0.15) is 12.8 Å². The molecule has 0 fully saturated rings. The number of halogens is 2. The van der Waals surface area contributed by atoms with Crippen LogP contribution in [0.2, 0.25) is 10.0 Å². The summed E-state index contributed by atoms with van der Waals surface area (Å²) in [6, 6.07) is 14.8. The van der Waals surface area contributed by atoms with E-state index in [0.29, 0.717) is 28.8 Å². The van der Waals surface area contributed by atoms with Gasteiger partial charge >= 0.3 is 5.69 Å². The Hall–Kier alpha value is -2.50. The van der Waals surface area contributed by atoms with Gasteiger partial charge in [0.05, 0.1) is 16.7 Å². The number of aromatic nitrogens is 2. The molecule has 0 atom stereocenters. The van der Waals surface area contributed by atoms with Gasteiger partial charge in [-0.3, -0.25) is 4.57 Å². The second-order valence-corrected chi connectivity index (χ2v) is 6.83. The summed E-state index contributed by atoms with van der Waals surface area (Å²) < 4.78 is 7.21. The van der Waals surface area contributed by atoms with E-state index in [1.807, 2.05) is 30.3 Å². The molecule has 0 aliphatic rings. The van der Waals surface area contributed by atoms with Gasteiger partial charge in [-0.25, -0.2) is 4.79 Å². The lowest BCUT2D eigenvalue weighted by Gasteiger charge is -2.11. The molecule has 0 aliphatic carbocycles. The van der Waals surface area contributed by atoms with Gasteiger partial charge in [0.1, 0.15) is 11.6 Å². The van der Waals surface area contributed by atoms with E-state index in [4.69, 9.17) is 33.7 Å². The van der Waals surface area contributed by atoms with Gasteiger partial charge in [0, 0.05) is 18.3 Å². The van der Waals surface area contributed by atoms with Crippen LogP contribution in [0.5, 0.6) is 5.75 Å². The monoisotopic (exact) mass is 403 g/mol. The van der Waals surface area contributed by atoms with Crippen LogP contribution >= 0.6 is 23.2 Å². The molecule has 1 heterocycles. The quantitative estimate of drug-likeness (QED) is 0.582. The first-order valence-corrected chi connectivity index (χ1v) is 9.30. The summed E-state index contributed by atoms with van der Waals surface area (Å²) >= 11 is 12.0. The van der Waals surface area contributed by atoms with Gasteiger partial charge in [-0.2, -0.15) is 4.98 Å². The summed E-state index contributed by atoms with van der Waals surface area (Å²) in [7, 11) is 0. The number of rotatable bonds is 7. The Labute approximate surface area is 167 Å². The van der Waals surface area contributed by atoms with Crippen LogP contribution in [-0.2, 0) is 6.54 Å². The van der Waals surface area contributed by atoms with Crippen molar-refractivity contribution >= 4 is 29.0 Å². The lowest BCUT2D eigenvalue weighted by molar-refractivity contribution is 0.302. The first-order chi connectivity index (χ1) is 13.0. The molecule has 7 heteroatoms. The highest BCUT2D eigenvalue weighted by molar-refractivity contribution is 6.42. The molecule has 2 N–H and O–H groups in total. The number of nitrogens with zero attached hydrogens (tertiary/aromatic N) is 2. The maximum Gasteiger partial charge on any atom is 0.349 e. The number of ether oxygens (including phenoxy) is 1. The van der Waals surface area contributed by atoms with E-state index in [0.717, 1.165) is 24.2 Å². The molecule has 0 unspecified atom stereocenters. The summed E-state index contributed by atoms with van der Waals surface area (Å²) in [6.07, 6.45) is 3.30.